The number of piperidine rings is 1. The Balaban J connectivity index is 1.47. The second-order valence-electron chi connectivity index (χ2n) is 8.46. The van der Waals surface area contributed by atoms with Crippen LogP contribution in [0.3, 0.4) is 0 Å². The Hall–Kier alpha value is -2.24. The first kappa shape index (κ1) is 20.0. The van der Waals surface area contributed by atoms with E-state index in [1.54, 1.807) is 0 Å². The molecule has 2 N–H and O–H groups in total. The number of amides is 1. The number of rotatable bonds is 4. The molecule has 1 amide bonds. The van der Waals surface area contributed by atoms with Gasteiger partial charge in [0.05, 0.1) is 29.2 Å². The summed E-state index contributed by atoms with van der Waals surface area (Å²) in [6.45, 7) is 10.3. The fourth-order valence-electron chi connectivity index (χ4n) is 4.56. The van der Waals surface area contributed by atoms with E-state index in [-0.39, 0.29) is 11.9 Å². The van der Waals surface area contributed by atoms with Crippen molar-refractivity contribution in [3.8, 4) is 0 Å². The lowest BCUT2D eigenvalue weighted by Gasteiger charge is -2.32. The zero-order chi connectivity index (χ0) is 20.5. The number of anilines is 1. The van der Waals surface area contributed by atoms with Crippen molar-refractivity contribution in [2.24, 2.45) is 0 Å². The van der Waals surface area contributed by atoms with Gasteiger partial charge in [0.25, 0.3) is 5.91 Å². The number of para-hydroxylation sites is 1. The third-order valence-corrected chi connectivity index (χ3v) is 7.35. The highest BCUT2D eigenvalue weighted by Crippen LogP contribution is 2.30. The molecule has 2 aromatic carbocycles. The summed E-state index contributed by atoms with van der Waals surface area (Å²) in [7, 11) is 0. The molecule has 1 aliphatic rings. The maximum Gasteiger partial charge on any atom is 0.282 e. The van der Waals surface area contributed by atoms with Crippen LogP contribution in [0.4, 0.5) is 5.69 Å². The number of aromatic nitrogens is 1. The van der Waals surface area contributed by atoms with E-state index in [1.807, 2.05) is 17.4 Å². The van der Waals surface area contributed by atoms with Crippen LogP contribution in [-0.4, -0.2) is 30.0 Å². The molecule has 4 nitrogen and oxygen atoms in total. The van der Waals surface area contributed by atoms with Crippen LogP contribution in [0.15, 0.2) is 36.4 Å². The van der Waals surface area contributed by atoms with Gasteiger partial charge in [-0.3, -0.25) is 4.79 Å². The number of fused-ring (bicyclic) bond motifs is 1. The lowest BCUT2D eigenvalue weighted by molar-refractivity contribution is -0.920. The molecule has 1 saturated heterocycles. The van der Waals surface area contributed by atoms with Crippen molar-refractivity contribution in [2.75, 3.05) is 18.4 Å². The lowest BCUT2D eigenvalue weighted by Crippen LogP contribution is -3.17. The highest BCUT2D eigenvalue weighted by atomic mass is 32.1. The first-order valence-electron chi connectivity index (χ1n) is 10.5. The van der Waals surface area contributed by atoms with Gasteiger partial charge >= 0.3 is 0 Å². The van der Waals surface area contributed by atoms with Gasteiger partial charge in [-0.05, 0) is 63.8 Å². The number of carbonyl (C=O) groups is 1. The number of hydrogen-bond donors (Lipinski definition) is 2. The zero-order valence-corrected chi connectivity index (χ0v) is 18.5. The number of nitrogens with one attached hydrogen (secondary N) is 2. The van der Waals surface area contributed by atoms with E-state index in [1.165, 1.54) is 20.2 Å². The molecule has 0 aliphatic carbocycles. The summed E-state index contributed by atoms with van der Waals surface area (Å²) in [6, 6.07) is 12.5. The van der Waals surface area contributed by atoms with Crippen LogP contribution in [0.1, 0.15) is 47.4 Å². The first-order chi connectivity index (χ1) is 13.9. The van der Waals surface area contributed by atoms with Crippen LogP contribution in [0.25, 0.3) is 10.2 Å². The number of aryl methyl sites for hydroxylation is 3. The van der Waals surface area contributed by atoms with Crippen LogP contribution in [0, 0.1) is 20.8 Å². The van der Waals surface area contributed by atoms with Crippen molar-refractivity contribution in [1.29, 1.82) is 0 Å². The molecule has 152 valence electrons. The highest BCUT2D eigenvalue weighted by molar-refractivity contribution is 7.18. The second-order valence-corrected chi connectivity index (χ2v) is 9.52. The summed E-state index contributed by atoms with van der Waals surface area (Å²) in [6.07, 6.45) is 2.30. The SMILES string of the molecule is Cc1cc(C)c(NC(=O)[C@H](C)[NH+]2CCC[C@H](c3nc4ccccc4s3)C2)c(C)c1. The molecule has 1 fully saturated rings. The number of nitrogens with zero attached hydrogens (tertiary/aromatic N) is 1. The van der Waals surface area contributed by atoms with Crippen LogP contribution in [0.5, 0.6) is 0 Å². The molecule has 0 radical (unpaired) electrons. The average molecular weight is 409 g/mol. The number of carbonyl (C=O) groups excluding carboxylic acids is 1. The third-order valence-electron chi connectivity index (χ3n) is 6.15. The molecular weight excluding hydrogens is 378 g/mol. The predicted molar refractivity (Wildman–Crippen MR) is 121 cm³/mol. The summed E-state index contributed by atoms with van der Waals surface area (Å²) < 4.78 is 1.26. The molecule has 0 bridgehead atoms. The Kier molecular flexibility index (Phi) is 5.70. The van der Waals surface area contributed by atoms with Crippen molar-refractivity contribution in [1.82, 2.24) is 4.98 Å². The fourth-order valence-corrected chi connectivity index (χ4v) is 5.66. The monoisotopic (exact) mass is 408 g/mol. The standard InChI is InChI=1S/C24H29N3OS/c1-15-12-16(2)22(17(3)13-15)26-23(28)18(4)27-11-7-8-19(14-27)24-25-20-9-5-6-10-21(20)29-24/h5-6,9-10,12-13,18-19H,7-8,11,14H2,1-4H3,(H,26,28)/p+1/t18-,19-/m0/s1. The van der Waals surface area contributed by atoms with Crippen molar-refractivity contribution in [3.63, 3.8) is 0 Å². The molecule has 29 heavy (non-hydrogen) atoms. The van der Waals surface area contributed by atoms with Crippen LogP contribution in [-0.2, 0) is 4.79 Å². The molecule has 1 aromatic heterocycles. The topological polar surface area (TPSA) is 46.4 Å². The van der Waals surface area contributed by atoms with Crippen LogP contribution < -0.4 is 10.2 Å². The molecular formula is C24H30N3OS+. The van der Waals surface area contributed by atoms with Crippen molar-refractivity contribution < 1.29 is 9.69 Å². The van der Waals surface area contributed by atoms with E-state index < -0.39 is 0 Å². The maximum absolute atomic E-state index is 13.0. The van der Waals surface area contributed by atoms with E-state index >= 15 is 0 Å². The van der Waals surface area contributed by atoms with E-state index in [4.69, 9.17) is 4.98 Å². The zero-order valence-electron chi connectivity index (χ0n) is 17.7. The Morgan fingerprint density at radius 2 is 1.93 bits per heavy atom. The fraction of sp³-hybridized carbons (Fsp3) is 0.417. The Bertz CT molecular complexity index is 986. The van der Waals surface area contributed by atoms with Crippen LogP contribution in [0.2, 0.25) is 0 Å². The average Bonchev–Trinajstić information content (AvgIpc) is 3.14. The van der Waals surface area contributed by atoms with Crippen molar-refractivity contribution in [3.05, 3.63) is 58.1 Å². The third kappa shape index (κ3) is 4.21. The summed E-state index contributed by atoms with van der Waals surface area (Å²) in [5.74, 6) is 0.550. The summed E-state index contributed by atoms with van der Waals surface area (Å²) in [5, 5.41) is 4.43. The van der Waals surface area contributed by atoms with Gasteiger partial charge in [-0.1, -0.05) is 29.8 Å². The van der Waals surface area contributed by atoms with Crippen LogP contribution >= 0.6 is 11.3 Å². The van der Waals surface area contributed by atoms with Gasteiger partial charge in [0.2, 0.25) is 0 Å². The molecule has 2 heterocycles. The van der Waals surface area contributed by atoms with Gasteiger partial charge in [-0.2, -0.15) is 0 Å². The summed E-state index contributed by atoms with van der Waals surface area (Å²) >= 11 is 1.81. The van der Waals surface area contributed by atoms with Crippen molar-refractivity contribution in [2.45, 2.75) is 52.5 Å². The lowest BCUT2D eigenvalue weighted by atomic mass is 9.97. The molecule has 1 unspecified atom stereocenters. The number of quaternary nitrogens is 1. The smallest absolute Gasteiger partial charge is 0.282 e. The van der Waals surface area contributed by atoms with Gasteiger partial charge in [0, 0.05) is 5.69 Å². The molecule has 3 atom stereocenters. The largest absolute Gasteiger partial charge is 0.324 e. The van der Waals surface area contributed by atoms with E-state index in [9.17, 15) is 4.79 Å². The second kappa shape index (κ2) is 8.25. The van der Waals surface area contributed by atoms with Gasteiger partial charge < -0.3 is 10.2 Å². The minimum atomic E-state index is -0.0766. The first-order valence-corrected chi connectivity index (χ1v) is 11.3. The molecule has 1 aliphatic heterocycles. The van der Waals surface area contributed by atoms with E-state index in [0.717, 1.165) is 48.3 Å². The van der Waals surface area contributed by atoms with Gasteiger partial charge in [0.15, 0.2) is 6.04 Å². The normalized spacial score (nSPS) is 20.6. The molecule has 4 rings (SSSR count). The Morgan fingerprint density at radius 3 is 2.66 bits per heavy atom. The van der Waals surface area contributed by atoms with Crippen molar-refractivity contribution >= 4 is 33.1 Å². The van der Waals surface area contributed by atoms with Gasteiger partial charge in [0.1, 0.15) is 5.01 Å². The molecule has 3 aromatic rings. The number of likely N-dealkylation sites (tertiary alicyclic amines) is 1. The number of benzene rings is 2. The summed E-state index contributed by atoms with van der Waals surface area (Å²) in [4.78, 5) is 19.3. The minimum absolute atomic E-state index is 0.0766. The number of thiazole rings is 1. The van der Waals surface area contributed by atoms with Gasteiger partial charge in [-0.25, -0.2) is 4.98 Å². The maximum atomic E-state index is 13.0. The predicted octanol–water partition coefficient (Wildman–Crippen LogP) is 4.01. The molecule has 0 spiro atoms. The molecule has 0 saturated carbocycles. The van der Waals surface area contributed by atoms with E-state index in [2.05, 4.69) is 63.3 Å². The quantitative estimate of drug-likeness (QED) is 0.685. The Morgan fingerprint density at radius 1 is 1.21 bits per heavy atom. The number of hydrogen-bond acceptors (Lipinski definition) is 3. The van der Waals surface area contributed by atoms with Gasteiger partial charge in [-0.15, -0.1) is 11.3 Å². The minimum Gasteiger partial charge on any atom is -0.324 e. The summed E-state index contributed by atoms with van der Waals surface area (Å²) in [5.41, 5.74) is 5.54. The molecule has 5 heteroatoms. The van der Waals surface area contributed by atoms with E-state index in [0.29, 0.717) is 5.92 Å². The Labute approximate surface area is 177 Å². The highest BCUT2D eigenvalue weighted by Gasteiger charge is 2.33.